The van der Waals surface area contributed by atoms with Crippen LogP contribution in [-0.2, 0) is 19.5 Å². The molecule has 2 aromatic rings. The Morgan fingerprint density at radius 2 is 1.88 bits per heavy atom. The molecule has 0 aliphatic rings. The first-order valence-electron chi connectivity index (χ1n) is 5.68. The van der Waals surface area contributed by atoms with Crippen LogP contribution >= 0.6 is 11.3 Å². The normalized spacial score (nSPS) is 10.6. The van der Waals surface area contributed by atoms with Crippen LogP contribution < -0.4 is 5.32 Å². The summed E-state index contributed by atoms with van der Waals surface area (Å²) in [7, 11) is 0. The second kappa shape index (κ2) is 5.83. The maximum atomic E-state index is 3.49. The standard InChI is InChI=1S/C14H17NS/c1-2-13-5-3-4-6-14(13)10-15-9-12-7-8-16-11-12/h3-8,11,15H,2,9-10H2,1H3. The van der Waals surface area contributed by atoms with Crippen molar-refractivity contribution in [3.63, 3.8) is 0 Å². The van der Waals surface area contributed by atoms with Crippen molar-refractivity contribution < 1.29 is 0 Å². The SMILES string of the molecule is CCc1ccccc1CNCc1ccsc1. The van der Waals surface area contributed by atoms with Crippen LogP contribution in [0.25, 0.3) is 0 Å². The average molecular weight is 231 g/mol. The van der Waals surface area contributed by atoms with Crippen LogP contribution in [0.5, 0.6) is 0 Å². The zero-order valence-corrected chi connectivity index (χ0v) is 10.4. The monoisotopic (exact) mass is 231 g/mol. The lowest BCUT2D eigenvalue weighted by atomic mass is 10.1. The third kappa shape index (κ3) is 2.94. The molecule has 0 spiro atoms. The highest BCUT2D eigenvalue weighted by Crippen LogP contribution is 2.10. The summed E-state index contributed by atoms with van der Waals surface area (Å²) in [5.74, 6) is 0. The first-order chi connectivity index (χ1) is 7.90. The third-order valence-corrected chi connectivity index (χ3v) is 3.46. The van der Waals surface area contributed by atoms with Crippen LogP contribution in [0.4, 0.5) is 0 Å². The fourth-order valence-electron chi connectivity index (χ4n) is 1.81. The lowest BCUT2D eigenvalue weighted by Crippen LogP contribution is -2.13. The topological polar surface area (TPSA) is 12.0 Å². The Balaban J connectivity index is 1.89. The van der Waals surface area contributed by atoms with E-state index >= 15 is 0 Å². The van der Waals surface area contributed by atoms with Gasteiger partial charge in [-0.2, -0.15) is 11.3 Å². The summed E-state index contributed by atoms with van der Waals surface area (Å²) in [6.45, 7) is 4.12. The van der Waals surface area contributed by atoms with Gasteiger partial charge >= 0.3 is 0 Å². The van der Waals surface area contributed by atoms with Crippen molar-refractivity contribution in [3.05, 3.63) is 57.8 Å². The molecule has 1 aromatic carbocycles. The zero-order chi connectivity index (χ0) is 11.2. The predicted molar refractivity (Wildman–Crippen MR) is 70.7 cm³/mol. The van der Waals surface area contributed by atoms with Gasteiger partial charge in [-0.3, -0.25) is 0 Å². The Morgan fingerprint density at radius 1 is 1.06 bits per heavy atom. The van der Waals surface area contributed by atoms with Gasteiger partial charge in [-0.15, -0.1) is 0 Å². The minimum atomic E-state index is 0.958. The highest BCUT2D eigenvalue weighted by Gasteiger charge is 1.99. The van der Waals surface area contributed by atoms with E-state index in [0.717, 1.165) is 19.5 Å². The van der Waals surface area contributed by atoms with Crippen LogP contribution in [0.1, 0.15) is 23.6 Å². The highest BCUT2D eigenvalue weighted by atomic mass is 32.1. The summed E-state index contributed by atoms with van der Waals surface area (Å²) in [5.41, 5.74) is 4.24. The molecule has 0 atom stereocenters. The fourth-order valence-corrected chi connectivity index (χ4v) is 2.48. The molecule has 2 heteroatoms. The molecule has 1 aromatic heterocycles. The van der Waals surface area contributed by atoms with Crippen LogP contribution in [0.15, 0.2) is 41.1 Å². The molecule has 1 nitrogen and oxygen atoms in total. The molecule has 84 valence electrons. The van der Waals surface area contributed by atoms with Gasteiger partial charge in [-0.25, -0.2) is 0 Å². The zero-order valence-electron chi connectivity index (χ0n) is 9.57. The van der Waals surface area contributed by atoms with Crippen molar-refractivity contribution in [2.45, 2.75) is 26.4 Å². The van der Waals surface area contributed by atoms with Crippen molar-refractivity contribution in [2.24, 2.45) is 0 Å². The highest BCUT2D eigenvalue weighted by molar-refractivity contribution is 7.07. The lowest BCUT2D eigenvalue weighted by Gasteiger charge is -2.08. The largest absolute Gasteiger partial charge is 0.309 e. The van der Waals surface area contributed by atoms with E-state index < -0.39 is 0 Å². The van der Waals surface area contributed by atoms with Crippen LogP contribution in [0.2, 0.25) is 0 Å². The minimum Gasteiger partial charge on any atom is -0.309 e. The smallest absolute Gasteiger partial charge is 0.0216 e. The molecule has 0 fully saturated rings. The number of hydrogen-bond donors (Lipinski definition) is 1. The van der Waals surface area contributed by atoms with Gasteiger partial charge < -0.3 is 5.32 Å². The number of nitrogens with one attached hydrogen (secondary N) is 1. The number of hydrogen-bond acceptors (Lipinski definition) is 2. The molecule has 0 bridgehead atoms. The van der Waals surface area contributed by atoms with E-state index in [-0.39, 0.29) is 0 Å². The second-order valence-corrected chi connectivity index (χ2v) is 4.64. The number of thiophene rings is 1. The molecule has 0 aliphatic carbocycles. The van der Waals surface area contributed by atoms with Crippen molar-refractivity contribution in [1.29, 1.82) is 0 Å². The molecule has 0 saturated heterocycles. The quantitative estimate of drug-likeness (QED) is 0.829. The first kappa shape index (κ1) is 11.4. The van der Waals surface area contributed by atoms with E-state index in [2.05, 4.69) is 53.3 Å². The molecule has 0 radical (unpaired) electrons. The summed E-state index contributed by atoms with van der Waals surface area (Å²) in [4.78, 5) is 0. The summed E-state index contributed by atoms with van der Waals surface area (Å²) >= 11 is 1.75. The average Bonchev–Trinajstić information content (AvgIpc) is 2.83. The number of benzene rings is 1. The first-order valence-corrected chi connectivity index (χ1v) is 6.63. The fraction of sp³-hybridized carbons (Fsp3) is 0.286. The van der Waals surface area contributed by atoms with Gasteiger partial charge in [-0.1, -0.05) is 31.2 Å². The Labute approximate surface area is 101 Å². The van der Waals surface area contributed by atoms with Gasteiger partial charge in [0.05, 0.1) is 0 Å². The maximum Gasteiger partial charge on any atom is 0.0216 e. The number of aryl methyl sites for hydroxylation is 1. The molecule has 0 amide bonds. The van der Waals surface area contributed by atoms with E-state index in [1.807, 2.05) is 0 Å². The Morgan fingerprint density at radius 3 is 2.56 bits per heavy atom. The molecular formula is C14H17NS. The maximum absolute atomic E-state index is 3.49. The van der Waals surface area contributed by atoms with E-state index in [1.54, 1.807) is 11.3 Å². The van der Waals surface area contributed by atoms with Crippen molar-refractivity contribution >= 4 is 11.3 Å². The van der Waals surface area contributed by atoms with Gasteiger partial charge in [0.2, 0.25) is 0 Å². The Kier molecular flexibility index (Phi) is 4.14. The molecule has 1 N–H and O–H groups in total. The van der Waals surface area contributed by atoms with E-state index in [1.165, 1.54) is 16.7 Å². The summed E-state index contributed by atoms with van der Waals surface area (Å²) in [5, 5.41) is 7.80. The van der Waals surface area contributed by atoms with Crippen LogP contribution in [-0.4, -0.2) is 0 Å². The molecule has 16 heavy (non-hydrogen) atoms. The number of rotatable bonds is 5. The Bertz CT molecular complexity index is 420. The molecule has 0 unspecified atom stereocenters. The van der Waals surface area contributed by atoms with Crippen LogP contribution in [0.3, 0.4) is 0 Å². The molecule has 2 rings (SSSR count). The third-order valence-electron chi connectivity index (χ3n) is 2.72. The van der Waals surface area contributed by atoms with Gasteiger partial charge in [0.25, 0.3) is 0 Å². The minimum absolute atomic E-state index is 0.958. The van der Waals surface area contributed by atoms with Gasteiger partial charge in [0, 0.05) is 13.1 Å². The van der Waals surface area contributed by atoms with Gasteiger partial charge in [0.15, 0.2) is 0 Å². The van der Waals surface area contributed by atoms with Crippen LogP contribution in [0, 0.1) is 0 Å². The Hall–Kier alpha value is -1.12. The lowest BCUT2D eigenvalue weighted by molar-refractivity contribution is 0.690. The molecular weight excluding hydrogens is 214 g/mol. The summed E-state index contributed by atoms with van der Waals surface area (Å²) in [6.07, 6.45) is 1.11. The van der Waals surface area contributed by atoms with E-state index in [9.17, 15) is 0 Å². The van der Waals surface area contributed by atoms with E-state index in [4.69, 9.17) is 0 Å². The van der Waals surface area contributed by atoms with Crippen molar-refractivity contribution in [3.8, 4) is 0 Å². The van der Waals surface area contributed by atoms with Crippen molar-refractivity contribution in [1.82, 2.24) is 5.32 Å². The van der Waals surface area contributed by atoms with Gasteiger partial charge in [0.1, 0.15) is 0 Å². The summed E-state index contributed by atoms with van der Waals surface area (Å²) in [6, 6.07) is 10.8. The molecule has 0 saturated carbocycles. The molecule has 1 heterocycles. The van der Waals surface area contributed by atoms with Gasteiger partial charge in [-0.05, 0) is 39.9 Å². The van der Waals surface area contributed by atoms with E-state index in [0.29, 0.717) is 0 Å². The molecule has 0 aliphatic heterocycles. The second-order valence-electron chi connectivity index (χ2n) is 3.86. The summed E-state index contributed by atoms with van der Waals surface area (Å²) < 4.78 is 0. The predicted octanol–water partition coefficient (Wildman–Crippen LogP) is 3.60. The van der Waals surface area contributed by atoms with Crippen molar-refractivity contribution in [2.75, 3.05) is 0 Å².